The Morgan fingerprint density at radius 2 is 0.526 bits per heavy atom. The van der Waals surface area contributed by atoms with Gasteiger partial charge in [-0.1, -0.05) is 237 Å². The standard InChI is InChI=1S/C72H49N3Si/c1-4-22-57(23-5-1)76(58-24-6-2-7-25-58,59-26-8-3-9-27-59)60-28-20-21-52(47-60)50-39-41-51(42-40-50)53-45-55(74-69-36-17-12-31-63(69)64-32-13-18-37-70(64)74)48-56(46-53)75-71-38-19-14-33-65(71)66-44-43-54(49-72(66)75)73-67-34-15-10-29-61(67)62-30-11-16-35-68(62)73/h1-49H. The molecule has 0 amide bonds. The molecule has 15 rings (SSSR count). The normalized spacial score (nSPS) is 11.9. The van der Waals surface area contributed by atoms with Crippen LogP contribution < -0.4 is 20.7 Å². The summed E-state index contributed by atoms with van der Waals surface area (Å²) in [5.74, 6) is 0. The summed E-state index contributed by atoms with van der Waals surface area (Å²) in [4.78, 5) is 0. The van der Waals surface area contributed by atoms with Crippen LogP contribution in [-0.4, -0.2) is 21.8 Å². The van der Waals surface area contributed by atoms with E-state index in [0.29, 0.717) is 0 Å². The summed E-state index contributed by atoms with van der Waals surface area (Å²) in [6, 6.07) is 110. The van der Waals surface area contributed by atoms with Gasteiger partial charge in [-0.15, -0.1) is 0 Å². The second-order valence-corrected chi connectivity index (χ2v) is 23.8. The van der Waals surface area contributed by atoms with Crippen molar-refractivity contribution in [3.63, 3.8) is 0 Å². The van der Waals surface area contributed by atoms with E-state index in [1.807, 2.05) is 0 Å². The SMILES string of the molecule is c1ccc([Si](c2ccccc2)(c2ccccc2)c2cccc(-c3ccc(-c4cc(-n5c6ccccc6c6ccccc65)cc(-n5c6ccccc6c6ccc(-n7c8ccccc8c8ccccc87)cc65)c4)cc3)c2)cc1. The van der Waals surface area contributed by atoms with Gasteiger partial charge in [-0.3, -0.25) is 0 Å². The lowest BCUT2D eigenvalue weighted by atomic mass is 9.99. The third-order valence-corrected chi connectivity index (χ3v) is 20.7. The maximum atomic E-state index is 2.49. The van der Waals surface area contributed by atoms with E-state index >= 15 is 0 Å². The van der Waals surface area contributed by atoms with Gasteiger partial charge in [0.15, 0.2) is 8.07 Å². The van der Waals surface area contributed by atoms with Crippen LogP contribution in [0.5, 0.6) is 0 Å². The predicted octanol–water partition coefficient (Wildman–Crippen LogP) is 15.7. The Morgan fingerprint density at radius 1 is 0.184 bits per heavy atom. The highest BCUT2D eigenvalue weighted by Gasteiger charge is 2.41. The van der Waals surface area contributed by atoms with Crippen molar-refractivity contribution in [1.82, 2.24) is 13.7 Å². The zero-order valence-electron chi connectivity index (χ0n) is 41.6. The van der Waals surface area contributed by atoms with Crippen molar-refractivity contribution in [2.75, 3.05) is 0 Å². The molecule has 0 radical (unpaired) electrons. The first kappa shape index (κ1) is 43.8. The van der Waals surface area contributed by atoms with E-state index in [1.54, 1.807) is 0 Å². The van der Waals surface area contributed by atoms with Gasteiger partial charge in [-0.25, -0.2) is 0 Å². The number of aromatic nitrogens is 3. The van der Waals surface area contributed by atoms with E-state index in [4.69, 9.17) is 0 Å². The molecule has 0 fully saturated rings. The van der Waals surface area contributed by atoms with Crippen molar-refractivity contribution in [3.05, 3.63) is 297 Å². The summed E-state index contributed by atoms with van der Waals surface area (Å²) in [6.45, 7) is 0. The lowest BCUT2D eigenvalue weighted by molar-refractivity contribution is 1.13. The fourth-order valence-electron chi connectivity index (χ4n) is 12.6. The monoisotopic (exact) mass is 983 g/mol. The average Bonchev–Trinajstić information content (AvgIpc) is 4.21. The molecule has 15 aromatic rings. The fraction of sp³-hybridized carbons (Fsp3) is 0. The summed E-state index contributed by atoms with van der Waals surface area (Å²) in [5, 5.41) is 12.9. The molecular weight excluding hydrogens is 935 g/mol. The van der Waals surface area contributed by atoms with Crippen LogP contribution in [0.1, 0.15) is 0 Å². The van der Waals surface area contributed by atoms with Gasteiger partial charge < -0.3 is 13.7 Å². The van der Waals surface area contributed by atoms with Crippen LogP contribution >= 0.6 is 0 Å². The highest BCUT2D eigenvalue weighted by molar-refractivity contribution is 7.19. The number of para-hydroxylation sites is 5. The zero-order valence-corrected chi connectivity index (χ0v) is 42.6. The molecular formula is C72H49N3Si. The second-order valence-electron chi connectivity index (χ2n) is 20.0. The van der Waals surface area contributed by atoms with Gasteiger partial charge >= 0.3 is 0 Å². The van der Waals surface area contributed by atoms with Gasteiger partial charge in [0.25, 0.3) is 0 Å². The molecule has 0 aliphatic carbocycles. The van der Waals surface area contributed by atoms with Gasteiger partial charge in [0.1, 0.15) is 0 Å². The number of nitrogens with zero attached hydrogens (tertiary/aromatic N) is 3. The molecule has 3 aromatic heterocycles. The predicted molar refractivity (Wildman–Crippen MR) is 324 cm³/mol. The molecule has 0 unspecified atom stereocenters. The molecule has 0 saturated heterocycles. The summed E-state index contributed by atoms with van der Waals surface area (Å²) in [5.41, 5.74) is 15.1. The number of hydrogen-bond donors (Lipinski definition) is 0. The molecule has 356 valence electrons. The molecule has 0 bridgehead atoms. The minimum absolute atomic E-state index is 1.10. The van der Waals surface area contributed by atoms with Crippen LogP contribution in [0.25, 0.3) is 105 Å². The summed E-state index contributed by atoms with van der Waals surface area (Å²) < 4.78 is 7.37. The Balaban J connectivity index is 0.926. The molecule has 76 heavy (non-hydrogen) atoms. The molecule has 0 saturated carbocycles. The Labute approximate surface area is 442 Å². The Hall–Kier alpha value is -9.74. The molecule has 0 atom stereocenters. The molecule has 0 aliphatic heterocycles. The van der Waals surface area contributed by atoms with Gasteiger partial charge in [-0.05, 0) is 104 Å². The molecule has 0 spiro atoms. The molecule has 4 heteroatoms. The van der Waals surface area contributed by atoms with Crippen molar-refractivity contribution < 1.29 is 0 Å². The largest absolute Gasteiger partial charge is 0.309 e. The molecule has 0 N–H and O–H groups in total. The van der Waals surface area contributed by atoms with Crippen LogP contribution in [0.15, 0.2) is 297 Å². The number of rotatable bonds is 9. The average molecular weight is 984 g/mol. The summed E-state index contributed by atoms with van der Waals surface area (Å²) in [7, 11) is -2.72. The summed E-state index contributed by atoms with van der Waals surface area (Å²) in [6.07, 6.45) is 0. The van der Waals surface area contributed by atoms with E-state index in [0.717, 1.165) is 33.7 Å². The van der Waals surface area contributed by atoms with Crippen molar-refractivity contribution >= 4 is 94.2 Å². The van der Waals surface area contributed by atoms with Gasteiger partial charge in [0.05, 0.1) is 33.1 Å². The van der Waals surface area contributed by atoms with Crippen LogP contribution in [0, 0.1) is 0 Å². The number of fused-ring (bicyclic) bond motifs is 9. The lowest BCUT2D eigenvalue weighted by Crippen LogP contribution is -2.74. The van der Waals surface area contributed by atoms with E-state index in [2.05, 4.69) is 311 Å². The minimum atomic E-state index is -2.72. The number of benzene rings is 12. The quantitative estimate of drug-likeness (QED) is 0.101. The van der Waals surface area contributed by atoms with Crippen molar-refractivity contribution in [2.45, 2.75) is 0 Å². The van der Waals surface area contributed by atoms with Gasteiger partial charge in [-0.2, -0.15) is 0 Å². The topological polar surface area (TPSA) is 14.8 Å². The molecule has 3 nitrogen and oxygen atoms in total. The van der Waals surface area contributed by atoms with E-state index < -0.39 is 8.07 Å². The summed E-state index contributed by atoms with van der Waals surface area (Å²) >= 11 is 0. The third kappa shape index (κ3) is 6.81. The first-order valence-corrected chi connectivity index (χ1v) is 28.2. The highest BCUT2D eigenvalue weighted by atomic mass is 28.3. The third-order valence-electron chi connectivity index (χ3n) is 16.0. The Bertz CT molecular complexity index is 4480. The van der Waals surface area contributed by atoms with E-state index in [9.17, 15) is 0 Å². The van der Waals surface area contributed by atoms with Crippen molar-refractivity contribution in [1.29, 1.82) is 0 Å². The van der Waals surface area contributed by atoms with E-state index in [1.165, 1.54) is 91.8 Å². The first-order chi connectivity index (χ1) is 37.7. The minimum Gasteiger partial charge on any atom is -0.309 e. The van der Waals surface area contributed by atoms with Crippen LogP contribution in [0.2, 0.25) is 0 Å². The van der Waals surface area contributed by atoms with Crippen LogP contribution in [0.4, 0.5) is 0 Å². The first-order valence-electron chi connectivity index (χ1n) is 26.2. The molecule has 0 aliphatic rings. The number of hydrogen-bond acceptors (Lipinski definition) is 0. The smallest absolute Gasteiger partial charge is 0.179 e. The Kier molecular flexibility index (Phi) is 10.2. The van der Waals surface area contributed by atoms with Gasteiger partial charge in [0, 0.05) is 49.4 Å². The maximum absolute atomic E-state index is 2.72. The maximum Gasteiger partial charge on any atom is 0.179 e. The lowest BCUT2D eigenvalue weighted by Gasteiger charge is -2.34. The zero-order chi connectivity index (χ0) is 50.2. The van der Waals surface area contributed by atoms with E-state index in [-0.39, 0.29) is 0 Å². The highest BCUT2D eigenvalue weighted by Crippen LogP contribution is 2.40. The molecule has 3 heterocycles. The van der Waals surface area contributed by atoms with Crippen molar-refractivity contribution in [2.24, 2.45) is 0 Å². The Morgan fingerprint density at radius 3 is 0.961 bits per heavy atom. The fourth-order valence-corrected chi connectivity index (χ4v) is 17.4. The van der Waals surface area contributed by atoms with Crippen LogP contribution in [-0.2, 0) is 0 Å². The van der Waals surface area contributed by atoms with Gasteiger partial charge in [0.2, 0.25) is 0 Å². The van der Waals surface area contributed by atoms with Crippen molar-refractivity contribution in [3.8, 4) is 39.3 Å². The molecule has 12 aromatic carbocycles. The van der Waals surface area contributed by atoms with Crippen LogP contribution in [0.3, 0.4) is 0 Å². The second kappa shape index (κ2) is 17.7.